The number of halogens is 3. The number of piperidine rings is 1. The van der Waals surface area contributed by atoms with Gasteiger partial charge in [0, 0.05) is 44.4 Å². The van der Waals surface area contributed by atoms with Crippen LogP contribution in [0.2, 0.25) is 0 Å². The number of likely N-dealkylation sites (tertiary alicyclic amines) is 1. The van der Waals surface area contributed by atoms with Gasteiger partial charge in [-0.15, -0.1) is 0 Å². The number of anilines is 1. The fourth-order valence-electron chi connectivity index (χ4n) is 5.23. The molecule has 1 aromatic heterocycles. The van der Waals surface area contributed by atoms with Crippen LogP contribution in [0.3, 0.4) is 0 Å². The average Bonchev–Trinajstić information content (AvgIpc) is 3.05. The Bertz CT molecular complexity index is 1100. The molecule has 1 N–H and O–H groups in total. The highest BCUT2D eigenvalue weighted by Crippen LogP contribution is 2.41. The fraction of sp³-hybridized carbons (Fsp3) is 0.500. The summed E-state index contributed by atoms with van der Waals surface area (Å²) in [7, 11) is 2.76. The number of fused-ring (bicyclic) bond motifs is 1. The molecule has 0 radical (unpaired) electrons. The van der Waals surface area contributed by atoms with E-state index in [2.05, 4.69) is 36.3 Å². The van der Waals surface area contributed by atoms with Crippen molar-refractivity contribution in [2.24, 2.45) is 5.92 Å². The fourth-order valence-corrected chi connectivity index (χ4v) is 5.23. The van der Waals surface area contributed by atoms with Gasteiger partial charge in [-0.1, -0.05) is 38.1 Å². The quantitative estimate of drug-likeness (QED) is 0.681. The largest absolute Gasteiger partial charge is 0.414 e. The third-order valence-electron chi connectivity index (χ3n) is 7.47. The summed E-state index contributed by atoms with van der Waals surface area (Å²) < 4.78 is 42.2. The standard InChI is InChI=1S/C26H31F3N4O2/c1-25(2)19-8-6-5-7-16(19)13-21(25)31-18-9-10-20(30-15-18)23(26(27,28)29)33(4)24(35)17-11-12-32(3)22(34)14-17/h5-10,15,17,21,23,31H,11-14H2,1-4H3/t17?,21-,23?/m0/s1. The molecule has 1 fully saturated rings. The van der Waals surface area contributed by atoms with Crippen LogP contribution in [-0.2, 0) is 21.4 Å². The number of alkyl halides is 3. The lowest BCUT2D eigenvalue weighted by molar-refractivity contribution is -0.192. The van der Waals surface area contributed by atoms with Gasteiger partial charge in [0.15, 0.2) is 6.04 Å². The summed E-state index contributed by atoms with van der Waals surface area (Å²) in [5.74, 6) is -1.69. The number of nitrogens with zero attached hydrogens (tertiary/aromatic N) is 3. The molecule has 1 aliphatic heterocycles. The van der Waals surface area contributed by atoms with Crippen LogP contribution in [0.1, 0.15) is 49.6 Å². The SMILES string of the molecule is CN1CCC(C(=O)N(C)C(c2ccc(N[C@H]3Cc4ccccc4C3(C)C)cn2)C(F)(F)F)CC1=O. The second-order valence-electron chi connectivity index (χ2n) is 10.1. The highest BCUT2D eigenvalue weighted by Gasteiger charge is 2.47. The van der Waals surface area contributed by atoms with Crippen molar-refractivity contribution in [1.29, 1.82) is 0 Å². The van der Waals surface area contributed by atoms with E-state index in [-0.39, 0.29) is 29.5 Å². The molecule has 1 saturated heterocycles. The molecule has 6 nitrogen and oxygen atoms in total. The van der Waals surface area contributed by atoms with Gasteiger partial charge in [-0.2, -0.15) is 13.2 Å². The minimum Gasteiger partial charge on any atom is -0.380 e. The van der Waals surface area contributed by atoms with E-state index in [1.807, 2.05) is 12.1 Å². The van der Waals surface area contributed by atoms with Gasteiger partial charge in [0.05, 0.1) is 17.6 Å². The maximum atomic E-state index is 14.1. The zero-order chi connectivity index (χ0) is 25.5. The summed E-state index contributed by atoms with van der Waals surface area (Å²) in [6, 6.07) is 9.00. The molecule has 2 unspecified atom stereocenters. The van der Waals surface area contributed by atoms with Gasteiger partial charge in [-0.25, -0.2) is 0 Å². The Morgan fingerprint density at radius 3 is 2.51 bits per heavy atom. The van der Waals surface area contributed by atoms with Gasteiger partial charge in [-0.05, 0) is 36.1 Å². The second kappa shape index (κ2) is 9.17. The van der Waals surface area contributed by atoms with Crippen molar-refractivity contribution in [1.82, 2.24) is 14.8 Å². The Morgan fingerprint density at radius 2 is 1.91 bits per heavy atom. The van der Waals surface area contributed by atoms with E-state index in [1.54, 1.807) is 13.1 Å². The summed E-state index contributed by atoms with van der Waals surface area (Å²) in [6.07, 6.45) is -2.25. The van der Waals surface area contributed by atoms with E-state index in [0.29, 0.717) is 23.6 Å². The number of hydrogen-bond acceptors (Lipinski definition) is 4. The smallest absolute Gasteiger partial charge is 0.380 e. The number of nitrogens with one attached hydrogen (secondary N) is 1. The van der Waals surface area contributed by atoms with E-state index in [0.717, 1.165) is 13.5 Å². The molecule has 4 rings (SSSR count). The number of aromatic nitrogens is 1. The van der Waals surface area contributed by atoms with Crippen LogP contribution in [0.15, 0.2) is 42.6 Å². The number of carbonyl (C=O) groups excluding carboxylic acids is 2. The summed E-state index contributed by atoms with van der Waals surface area (Å²) >= 11 is 0. The van der Waals surface area contributed by atoms with Crippen molar-refractivity contribution in [3.63, 3.8) is 0 Å². The molecule has 35 heavy (non-hydrogen) atoms. The minimum atomic E-state index is -4.71. The molecule has 2 heterocycles. The summed E-state index contributed by atoms with van der Waals surface area (Å²) in [5, 5.41) is 3.43. The van der Waals surface area contributed by atoms with Crippen molar-refractivity contribution >= 4 is 17.5 Å². The Labute approximate surface area is 203 Å². The van der Waals surface area contributed by atoms with Crippen LogP contribution >= 0.6 is 0 Å². The molecule has 9 heteroatoms. The van der Waals surface area contributed by atoms with E-state index in [4.69, 9.17) is 0 Å². The maximum Gasteiger partial charge on any atom is 0.414 e. The first-order chi connectivity index (χ1) is 16.4. The molecule has 0 bridgehead atoms. The Kier molecular flexibility index (Phi) is 6.55. The van der Waals surface area contributed by atoms with Gasteiger partial charge in [-0.3, -0.25) is 14.6 Å². The lowest BCUT2D eigenvalue weighted by atomic mass is 9.83. The number of carbonyl (C=O) groups is 2. The number of rotatable bonds is 5. The van der Waals surface area contributed by atoms with Gasteiger partial charge < -0.3 is 15.1 Å². The first-order valence-electron chi connectivity index (χ1n) is 11.8. The Hall–Kier alpha value is -3.10. The third kappa shape index (κ3) is 4.86. The maximum absolute atomic E-state index is 14.1. The highest BCUT2D eigenvalue weighted by molar-refractivity contribution is 5.87. The molecule has 1 aromatic carbocycles. The predicted octanol–water partition coefficient (Wildman–Crippen LogP) is 4.33. The molecule has 0 spiro atoms. The van der Waals surface area contributed by atoms with Crippen LogP contribution in [-0.4, -0.2) is 59.5 Å². The molecular formula is C26H31F3N4O2. The first kappa shape index (κ1) is 25.0. The normalized spacial score (nSPS) is 22.5. The van der Waals surface area contributed by atoms with E-state index >= 15 is 0 Å². The van der Waals surface area contributed by atoms with Crippen molar-refractivity contribution in [2.45, 2.75) is 56.8 Å². The van der Waals surface area contributed by atoms with Crippen molar-refractivity contribution in [2.75, 3.05) is 26.0 Å². The molecule has 3 atom stereocenters. The highest BCUT2D eigenvalue weighted by atomic mass is 19.4. The number of amides is 2. The molecule has 0 saturated carbocycles. The average molecular weight is 489 g/mol. The molecule has 1 aliphatic carbocycles. The summed E-state index contributed by atoms with van der Waals surface area (Å²) in [5.41, 5.74) is 2.72. The second-order valence-corrected chi connectivity index (χ2v) is 10.1. The number of hydrogen-bond donors (Lipinski definition) is 1. The molecule has 188 valence electrons. The lowest BCUT2D eigenvalue weighted by Gasteiger charge is -2.35. The van der Waals surface area contributed by atoms with Gasteiger partial charge >= 0.3 is 6.18 Å². The van der Waals surface area contributed by atoms with Crippen LogP contribution < -0.4 is 5.32 Å². The van der Waals surface area contributed by atoms with Crippen LogP contribution in [0, 0.1) is 5.92 Å². The summed E-state index contributed by atoms with van der Waals surface area (Å²) in [6.45, 7) is 4.64. The lowest BCUT2D eigenvalue weighted by Crippen LogP contribution is -2.46. The third-order valence-corrected chi connectivity index (χ3v) is 7.47. The van der Waals surface area contributed by atoms with Gasteiger partial charge in [0.25, 0.3) is 0 Å². The number of benzene rings is 1. The predicted molar refractivity (Wildman–Crippen MR) is 127 cm³/mol. The van der Waals surface area contributed by atoms with E-state index < -0.39 is 24.0 Å². The van der Waals surface area contributed by atoms with Crippen LogP contribution in [0.5, 0.6) is 0 Å². The molecule has 2 aliphatic rings. The first-order valence-corrected chi connectivity index (χ1v) is 11.8. The Balaban J connectivity index is 1.51. The molecular weight excluding hydrogens is 457 g/mol. The van der Waals surface area contributed by atoms with Gasteiger partial charge in [0.2, 0.25) is 11.8 Å². The van der Waals surface area contributed by atoms with Gasteiger partial charge in [0.1, 0.15) is 0 Å². The number of pyridine rings is 1. The van der Waals surface area contributed by atoms with E-state index in [9.17, 15) is 22.8 Å². The minimum absolute atomic E-state index is 0.0668. The van der Waals surface area contributed by atoms with Crippen molar-refractivity contribution < 1.29 is 22.8 Å². The summed E-state index contributed by atoms with van der Waals surface area (Å²) in [4.78, 5) is 31.2. The zero-order valence-corrected chi connectivity index (χ0v) is 20.4. The molecule has 2 amide bonds. The monoisotopic (exact) mass is 488 g/mol. The van der Waals surface area contributed by atoms with E-state index in [1.165, 1.54) is 28.3 Å². The molecule has 2 aromatic rings. The van der Waals surface area contributed by atoms with Crippen LogP contribution in [0.4, 0.5) is 18.9 Å². The van der Waals surface area contributed by atoms with Crippen molar-refractivity contribution in [3.05, 3.63) is 59.4 Å². The van der Waals surface area contributed by atoms with Crippen molar-refractivity contribution in [3.8, 4) is 0 Å². The van der Waals surface area contributed by atoms with Crippen LogP contribution in [0.25, 0.3) is 0 Å². The zero-order valence-electron chi connectivity index (χ0n) is 20.4. The Morgan fingerprint density at radius 1 is 1.20 bits per heavy atom. The topological polar surface area (TPSA) is 65.5 Å².